The van der Waals surface area contributed by atoms with Crippen LogP contribution in [-0.4, -0.2) is 33.3 Å². The molecule has 0 saturated carbocycles. The van der Waals surface area contributed by atoms with Crippen LogP contribution >= 0.6 is 27.5 Å². The molecular formula is C17H18BrN3OS. The Hall–Kier alpha value is -1.27. The fraction of sp³-hybridized carbons (Fsp3) is 0.471. The molecular weight excluding hydrogens is 374 g/mol. The molecule has 6 heteroatoms. The average molecular weight is 392 g/mol. The molecule has 1 atom stereocenters. The van der Waals surface area contributed by atoms with Crippen LogP contribution in [0.2, 0.25) is 0 Å². The van der Waals surface area contributed by atoms with Gasteiger partial charge in [-0.25, -0.2) is 4.98 Å². The van der Waals surface area contributed by atoms with E-state index in [2.05, 4.69) is 43.5 Å². The first kappa shape index (κ1) is 15.3. The number of rotatable bonds is 2. The minimum atomic E-state index is 0.151. The Balaban J connectivity index is 1.72. The number of carbonyl (C=O) groups is 1. The van der Waals surface area contributed by atoms with Crippen molar-refractivity contribution in [3.05, 3.63) is 34.1 Å². The molecule has 2 aromatic rings. The van der Waals surface area contributed by atoms with E-state index in [1.807, 2.05) is 11.8 Å². The third kappa shape index (κ3) is 2.43. The predicted molar refractivity (Wildman–Crippen MR) is 94.5 cm³/mol. The molecule has 23 heavy (non-hydrogen) atoms. The largest absolute Gasteiger partial charge is 0.342 e. The maximum atomic E-state index is 12.1. The number of benzene rings is 1. The Morgan fingerprint density at radius 2 is 2.30 bits per heavy atom. The summed E-state index contributed by atoms with van der Waals surface area (Å²) in [5, 5.41) is 0.977. The number of likely N-dealkylation sites (tertiary alicyclic amines) is 1. The van der Waals surface area contributed by atoms with Crippen molar-refractivity contribution in [2.45, 2.75) is 38.0 Å². The van der Waals surface area contributed by atoms with Crippen LogP contribution < -0.4 is 0 Å². The van der Waals surface area contributed by atoms with Crippen molar-refractivity contribution in [1.29, 1.82) is 0 Å². The first-order valence-corrected chi connectivity index (χ1v) is 9.59. The van der Waals surface area contributed by atoms with Crippen LogP contribution in [0, 0.1) is 0 Å². The van der Waals surface area contributed by atoms with Gasteiger partial charge in [-0.1, -0.05) is 25.1 Å². The molecule has 1 aromatic carbocycles. The number of aromatic nitrogens is 2. The summed E-state index contributed by atoms with van der Waals surface area (Å²) in [5.74, 6) is 0.277. The lowest BCUT2D eigenvalue weighted by atomic mass is 9.81. The standard InChI is InChI=1S/C17H18BrN3OS/c1-2-14(22)21-9-8-17(10-21)7-6-11-12(4-3-5-13(11)17)15-19-16(18)20-23-15/h3-5H,2,6-10H2,1H3. The molecule has 1 amide bonds. The van der Waals surface area contributed by atoms with Crippen molar-refractivity contribution in [3.63, 3.8) is 0 Å². The molecule has 1 unspecified atom stereocenters. The minimum Gasteiger partial charge on any atom is -0.342 e. The quantitative estimate of drug-likeness (QED) is 0.781. The maximum Gasteiger partial charge on any atom is 0.222 e. The van der Waals surface area contributed by atoms with E-state index in [0.717, 1.165) is 37.4 Å². The van der Waals surface area contributed by atoms with Gasteiger partial charge in [0.15, 0.2) is 0 Å². The minimum absolute atomic E-state index is 0.151. The van der Waals surface area contributed by atoms with Gasteiger partial charge in [0.2, 0.25) is 10.6 Å². The molecule has 0 bridgehead atoms. The number of hydrogen-bond donors (Lipinski definition) is 0. The second-order valence-electron chi connectivity index (χ2n) is 6.40. The highest BCUT2D eigenvalue weighted by atomic mass is 79.9. The van der Waals surface area contributed by atoms with Gasteiger partial charge in [0.05, 0.1) is 0 Å². The zero-order chi connectivity index (χ0) is 16.0. The van der Waals surface area contributed by atoms with Crippen LogP contribution in [0.25, 0.3) is 10.6 Å². The van der Waals surface area contributed by atoms with Gasteiger partial charge < -0.3 is 4.90 Å². The van der Waals surface area contributed by atoms with Gasteiger partial charge in [-0.05, 0) is 57.9 Å². The third-order valence-corrected chi connectivity index (χ3v) is 6.58. The van der Waals surface area contributed by atoms with Crippen LogP contribution in [0.3, 0.4) is 0 Å². The Labute approximate surface area is 148 Å². The summed E-state index contributed by atoms with van der Waals surface area (Å²) in [6, 6.07) is 6.53. The summed E-state index contributed by atoms with van der Waals surface area (Å²) in [4.78, 5) is 18.6. The molecule has 0 N–H and O–H groups in total. The average Bonchev–Trinajstić information content (AvgIpc) is 3.27. The molecule has 4 rings (SSSR count). The van der Waals surface area contributed by atoms with Gasteiger partial charge in [-0.3, -0.25) is 4.79 Å². The predicted octanol–water partition coefficient (Wildman–Crippen LogP) is 3.79. The van der Waals surface area contributed by atoms with Gasteiger partial charge in [0, 0.05) is 30.5 Å². The van der Waals surface area contributed by atoms with Gasteiger partial charge >= 0.3 is 0 Å². The smallest absolute Gasteiger partial charge is 0.222 e. The highest BCUT2D eigenvalue weighted by molar-refractivity contribution is 9.10. The molecule has 120 valence electrons. The van der Waals surface area contributed by atoms with E-state index in [0.29, 0.717) is 11.2 Å². The van der Waals surface area contributed by atoms with E-state index in [4.69, 9.17) is 0 Å². The monoisotopic (exact) mass is 391 g/mol. The molecule has 1 saturated heterocycles. The van der Waals surface area contributed by atoms with Gasteiger partial charge in [-0.15, -0.1) is 0 Å². The van der Waals surface area contributed by atoms with Crippen LogP contribution in [0.15, 0.2) is 22.9 Å². The fourth-order valence-corrected chi connectivity index (χ4v) is 5.23. The molecule has 1 fully saturated rings. The van der Waals surface area contributed by atoms with E-state index in [-0.39, 0.29) is 11.3 Å². The first-order valence-electron chi connectivity index (χ1n) is 8.03. The van der Waals surface area contributed by atoms with E-state index in [1.54, 1.807) is 0 Å². The van der Waals surface area contributed by atoms with Crippen molar-refractivity contribution >= 4 is 33.4 Å². The molecule has 1 aromatic heterocycles. The zero-order valence-corrected chi connectivity index (χ0v) is 15.4. The summed E-state index contributed by atoms with van der Waals surface area (Å²) in [5.41, 5.74) is 4.19. The van der Waals surface area contributed by atoms with Crippen LogP contribution in [-0.2, 0) is 16.6 Å². The SMILES string of the molecule is CCC(=O)N1CCC2(CCc3c(-c4nc(Br)ns4)cccc32)C1. The summed E-state index contributed by atoms with van der Waals surface area (Å²) in [7, 11) is 0. The van der Waals surface area contributed by atoms with Crippen LogP contribution in [0.4, 0.5) is 0 Å². The summed E-state index contributed by atoms with van der Waals surface area (Å²) in [6.45, 7) is 3.71. The van der Waals surface area contributed by atoms with Crippen LogP contribution in [0.1, 0.15) is 37.3 Å². The lowest BCUT2D eigenvalue weighted by molar-refractivity contribution is -0.130. The molecule has 1 spiro atoms. The van der Waals surface area contributed by atoms with Gasteiger partial charge in [0.1, 0.15) is 5.01 Å². The highest BCUT2D eigenvalue weighted by Crippen LogP contribution is 2.48. The number of nitrogens with zero attached hydrogens (tertiary/aromatic N) is 3. The topological polar surface area (TPSA) is 46.1 Å². The summed E-state index contributed by atoms with van der Waals surface area (Å²) >= 11 is 4.78. The fourth-order valence-electron chi connectivity index (χ4n) is 4.10. The van der Waals surface area contributed by atoms with Crippen LogP contribution in [0.5, 0.6) is 0 Å². The number of fused-ring (bicyclic) bond motifs is 2. The number of carbonyl (C=O) groups excluding carboxylic acids is 1. The lowest BCUT2D eigenvalue weighted by Gasteiger charge is -2.25. The van der Waals surface area contributed by atoms with E-state index >= 15 is 0 Å². The van der Waals surface area contributed by atoms with Crippen molar-refractivity contribution in [2.24, 2.45) is 0 Å². The summed E-state index contributed by atoms with van der Waals surface area (Å²) in [6.07, 6.45) is 3.88. The second kappa shape index (κ2) is 5.67. The van der Waals surface area contributed by atoms with Crippen molar-refractivity contribution < 1.29 is 4.79 Å². The molecule has 2 heterocycles. The van der Waals surface area contributed by atoms with Crippen molar-refractivity contribution in [2.75, 3.05) is 13.1 Å². The number of halogens is 1. The van der Waals surface area contributed by atoms with Gasteiger partial charge in [-0.2, -0.15) is 4.37 Å². The maximum absolute atomic E-state index is 12.1. The van der Waals surface area contributed by atoms with E-state index in [1.165, 1.54) is 28.2 Å². The zero-order valence-electron chi connectivity index (χ0n) is 13.0. The Morgan fingerprint density at radius 3 is 3.04 bits per heavy atom. The number of amides is 1. The molecule has 1 aliphatic carbocycles. The Bertz CT molecular complexity index is 775. The van der Waals surface area contributed by atoms with Gasteiger partial charge in [0.25, 0.3) is 0 Å². The normalized spacial score (nSPS) is 22.8. The first-order chi connectivity index (χ1) is 11.1. The van der Waals surface area contributed by atoms with Crippen molar-refractivity contribution in [1.82, 2.24) is 14.3 Å². The van der Waals surface area contributed by atoms with E-state index in [9.17, 15) is 4.79 Å². The third-order valence-electron chi connectivity index (χ3n) is 5.24. The Morgan fingerprint density at radius 1 is 1.43 bits per heavy atom. The lowest BCUT2D eigenvalue weighted by Crippen LogP contribution is -2.32. The second-order valence-corrected chi connectivity index (χ2v) is 7.86. The molecule has 2 aliphatic rings. The molecule has 1 aliphatic heterocycles. The molecule has 4 nitrogen and oxygen atoms in total. The van der Waals surface area contributed by atoms with E-state index < -0.39 is 0 Å². The summed E-state index contributed by atoms with van der Waals surface area (Å²) < 4.78 is 4.90. The molecule has 0 radical (unpaired) electrons. The van der Waals surface area contributed by atoms with Crippen molar-refractivity contribution in [3.8, 4) is 10.6 Å². The Kier molecular flexibility index (Phi) is 3.76. The highest BCUT2D eigenvalue weighted by Gasteiger charge is 2.45. The number of hydrogen-bond acceptors (Lipinski definition) is 4.